The molecule has 1 fully saturated rings. The summed E-state index contributed by atoms with van der Waals surface area (Å²) in [5.41, 5.74) is 2.48. The molecule has 3 rings (SSSR count). The van der Waals surface area contributed by atoms with Gasteiger partial charge in [-0.05, 0) is 22.0 Å². The average molecular weight is 315 g/mol. The van der Waals surface area contributed by atoms with Crippen molar-refractivity contribution in [2.75, 3.05) is 24.9 Å². The predicted octanol–water partition coefficient (Wildman–Crippen LogP) is 3.44. The monoisotopic (exact) mass is 315 g/mol. The zero-order valence-electron chi connectivity index (χ0n) is 13.1. The second kappa shape index (κ2) is 7.32. The van der Waals surface area contributed by atoms with Gasteiger partial charge < -0.3 is 9.47 Å². The van der Waals surface area contributed by atoms with Crippen molar-refractivity contribution in [1.82, 2.24) is 0 Å². The highest BCUT2D eigenvalue weighted by Crippen LogP contribution is 2.33. The van der Waals surface area contributed by atoms with Crippen molar-refractivity contribution < 1.29 is 9.47 Å². The molecule has 0 aliphatic carbocycles. The van der Waals surface area contributed by atoms with E-state index in [4.69, 9.17) is 9.47 Å². The van der Waals surface area contributed by atoms with Gasteiger partial charge in [-0.1, -0.05) is 60.7 Å². The standard InChI is InChI=1S/C19H23O2S/c1-22(2)14-17-13-20-19(21-17)18(15-9-5-3-6-10-15)16-11-7-4-8-12-16/h3-12,17-19H,13-14H2,1-2H3/q+1/t17-,19+/m0/s1. The third kappa shape index (κ3) is 3.72. The van der Waals surface area contributed by atoms with Crippen LogP contribution in [-0.4, -0.2) is 37.3 Å². The van der Waals surface area contributed by atoms with Crippen molar-refractivity contribution in [1.29, 1.82) is 0 Å². The Balaban J connectivity index is 1.84. The minimum absolute atomic E-state index is 0.128. The Morgan fingerprint density at radius 2 is 1.50 bits per heavy atom. The van der Waals surface area contributed by atoms with Gasteiger partial charge in [-0.15, -0.1) is 0 Å². The highest BCUT2D eigenvalue weighted by atomic mass is 32.2. The maximum atomic E-state index is 6.23. The Bertz CT molecular complexity index is 531. The van der Waals surface area contributed by atoms with Crippen LogP contribution in [0.25, 0.3) is 0 Å². The van der Waals surface area contributed by atoms with E-state index in [1.807, 2.05) is 12.1 Å². The van der Waals surface area contributed by atoms with Crippen molar-refractivity contribution >= 4 is 10.9 Å². The maximum absolute atomic E-state index is 6.23. The summed E-state index contributed by atoms with van der Waals surface area (Å²) in [5, 5.41) is 0. The van der Waals surface area contributed by atoms with E-state index in [1.165, 1.54) is 11.1 Å². The average Bonchev–Trinajstić information content (AvgIpc) is 2.97. The summed E-state index contributed by atoms with van der Waals surface area (Å²) in [4.78, 5) is 0. The molecule has 0 aromatic heterocycles. The second-order valence-corrected chi connectivity index (χ2v) is 8.22. The Morgan fingerprint density at radius 1 is 0.955 bits per heavy atom. The van der Waals surface area contributed by atoms with Gasteiger partial charge in [0.2, 0.25) is 0 Å². The van der Waals surface area contributed by atoms with Crippen LogP contribution in [-0.2, 0) is 20.4 Å². The van der Waals surface area contributed by atoms with Crippen molar-refractivity contribution in [2.24, 2.45) is 0 Å². The minimum Gasteiger partial charge on any atom is -0.349 e. The second-order valence-electron chi connectivity index (χ2n) is 5.91. The summed E-state index contributed by atoms with van der Waals surface area (Å²) in [6, 6.07) is 21.0. The lowest BCUT2D eigenvalue weighted by atomic mass is 9.91. The van der Waals surface area contributed by atoms with Gasteiger partial charge in [0.25, 0.3) is 0 Å². The van der Waals surface area contributed by atoms with Crippen molar-refractivity contribution in [3.63, 3.8) is 0 Å². The van der Waals surface area contributed by atoms with Gasteiger partial charge in [0.05, 0.1) is 25.0 Å². The van der Waals surface area contributed by atoms with E-state index in [1.54, 1.807) is 0 Å². The van der Waals surface area contributed by atoms with Crippen LogP contribution in [0.4, 0.5) is 0 Å². The molecule has 1 aliphatic rings. The molecule has 2 atom stereocenters. The van der Waals surface area contributed by atoms with Crippen molar-refractivity contribution in [2.45, 2.75) is 18.3 Å². The predicted molar refractivity (Wildman–Crippen MR) is 93.4 cm³/mol. The highest BCUT2D eigenvalue weighted by molar-refractivity contribution is 7.95. The molecule has 0 spiro atoms. The summed E-state index contributed by atoms with van der Waals surface area (Å²) in [5.74, 6) is 1.20. The molecule has 1 heterocycles. The lowest BCUT2D eigenvalue weighted by molar-refractivity contribution is -0.0640. The largest absolute Gasteiger partial charge is 0.349 e. The van der Waals surface area contributed by atoms with Crippen LogP contribution < -0.4 is 0 Å². The van der Waals surface area contributed by atoms with Gasteiger partial charge in [0.1, 0.15) is 11.9 Å². The van der Waals surface area contributed by atoms with E-state index in [2.05, 4.69) is 61.0 Å². The van der Waals surface area contributed by atoms with E-state index in [-0.39, 0.29) is 18.3 Å². The number of rotatable bonds is 5. The van der Waals surface area contributed by atoms with Crippen LogP contribution in [0.15, 0.2) is 60.7 Å². The van der Waals surface area contributed by atoms with Gasteiger partial charge >= 0.3 is 0 Å². The third-order valence-electron chi connectivity index (χ3n) is 3.88. The molecule has 1 saturated heterocycles. The molecule has 0 N–H and O–H groups in total. The zero-order valence-corrected chi connectivity index (χ0v) is 14.0. The molecular formula is C19H23O2S+. The molecule has 2 aromatic carbocycles. The molecule has 22 heavy (non-hydrogen) atoms. The van der Waals surface area contributed by atoms with Crippen molar-refractivity contribution in [3.05, 3.63) is 71.8 Å². The van der Waals surface area contributed by atoms with Gasteiger partial charge in [-0.25, -0.2) is 0 Å². The van der Waals surface area contributed by atoms with E-state index < -0.39 is 0 Å². The molecular weight excluding hydrogens is 292 g/mol. The van der Waals surface area contributed by atoms with Crippen molar-refractivity contribution in [3.8, 4) is 0 Å². The Morgan fingerprint density at radius 3 is 2.00 bits per heavy atom. The zero-order chi connectivity index (χ0) is 15.4. The molecule has 0 bridgehead atoms. The Kier molecular flexibility index (Phi) is 5.19. The number of hydrogen-bond donors (Lipinski definition) is 0. The smallest absolute Gasteiger partial charge is 0.169 e. The van der Waals surface area contributed by atoms with Crippen LogP contribution in [0, 0.1) is 0 Å². The first-order chi connectivity index (χ1) is 10.7. The molecule has 0 saturated carbocycles. The number of benzene rings is 2. The fraction of sp³-hybridized carbons (Fsp3) is 0.368. The van der Waals surface area contributed by atoms with Gasteiger partial charge in [0.15, 0.2) is 6.29 Å². The fourth-order valence-electron chi connectivity index (χ4n) is 2.93. The van der Waals surface area contributed by atoms with Crippen LogP contribution in [0.1, 0.15) is 17.0 Å². The van der Waals surface area contributed by atoms with E-state index in [9.17, 15) is 0 Å². The topological polar surface area (TPSA) is 18.5 Å². The van der Waals surface area contributed by atoms with E-state index >= 15 is 0 Å². The summed E-state index contributed by atoms with van der Waals surface area (Å²) in [6.45, 7) is 0.700. The van der Waals surface area contributed by atoms with E-state index in [0.717, 1.165) is 5.75 Å². The molecule has 0 unspecified atom stereocenters. The van der Waals surface area contributed by atoms with E-state index in [0.29, 0.717) is 17.5 Å². The van der Waals surface area contributed by atoms with Gasteiger partial charge in [-0.3, -0.25) is 0 Å². The quantitative estimate of drug-likeness (QED) is 0.787. The lowest BCUT2D eigenvalue weighted by Crippen LogP contribution is -2.25. The lowest BCUT2D eigenvalue weighted by Gasteiger charge is -2.23. The molecule has 2 aromatic rings. The van der Waals surface area contributed by atoms with Crippen LogP contribution in [0.3, 0.4) is 0 Å². The van der Waals surface area contributed by atoms with Crippen LogP contribution in [0.5, 0.6) is 0 Å². The Hall–Kier alpha value is -1.29. The minimum atomic E-state index is -0.196. The molecule has 2 nitrogen and oxygen atoms in total. The number of hydrogen-bond acceptors (Lipinski definition) is 2. The fourth-order valence-corrected chi connectivity index (χ4v) is 3.85. The summed E-state index contributed by atoms with van der Waals surface area (Å²) in [6.07, 6.45) is 4.53. The molecule has 116 valence electrons. The normalized spacial score (nSPS) is 21.6. The first kappa shape index (κ1) is 15.6. The molecule has 3 heteroatoms. The summed E-state index contributed by atoms with van der Waals surface area (Å²) in [7, 11) is 0.372. The van der Waals surface area contributed by atoms with Gasteiger partial charge in [0, 0.05) is 0 Å². The van der Waals surface area contributed by atoms with Crippen LogP contribution in [0.2, 0.25) is 0 Å². The SMILES string of the molecule is C[S+](C)C[C@@H]1CO[C@@H](C(c2ccccc2)c2ccccc2)O1. The first-order valence-electron chi connectivity index (χ1n) is 7.65. The summed E-state index contributed by atoms with van der Waals surface area (Å²) < 4.78 is 12.2. The molecule has 0 amide bonds. The van der Waals surface area contributed by atoms with Gasteiger partial charge in [-0.2, -0.15) is 0 Å². The molecule has 0 radical (unpaired) electrons. The Labute approximate surface area is 135 Å². The highest BCUT2D eigenvalue weighted by Gasteiger charge is 2.36. The van der Waals surface area contributed by atoms with Crippen LogP contribution >= 0.6 is 0 Å². The summed E-state index contributed by atoms with van der Waals surface area (Å²) >= 11 is 0. The molecule has 1 aliphatic heterocycles. The maximum Gasteiger partial charge on any atom is 0.169 e. The first-order valence-corrected chi connectivity index (χ1v) is 9.86. The number of ether oxygens (including phenoxy) is 2. The third-order valence-corrected chi connectivity index (χ3v) is 4.92.